The van der Waals surface area contributed by atoms with Crippen molar-refractivity contribution in [2.75, 3.05) is 5.32 Å². The summed E-state index contributed by atoms with van der Waals surface area (Å²) in [5, 5.41) is 21.4. The molecule has 1 amide bonds. The first-order valence-electron chi connectivity index (χ1n) is 5.56. The minimum Gasteiger partial charge on any atom is -0.478 e. The highest BCUT2D eigenvalue weighted by Gasteiger charge is 2.17. The van der Waals surface area contributed by atoms with Crippen LogP contribution in [-0.2, 0) is 0 Å². The fourth-order valence-corrected chi connectivity index (χ4v) is 1.57. The van der Waals surface area contributed by atoms with E-state index in [0.29, 0.717) is 0 Å². The van der Waals surface area contributed by atoms with Crippen LogP contribution in [0.4, 0.5) is 15.9 Å². The third-order valence-corrected chi connectivity index (χ3v) is 2.57. The fraction of sp³-hybridized carbons (Fsp3) is 0. The summed E-state index contributed by atoms with van der Waals surface area (Å²) >= 11 is 0. The van der Waals surface area contributed by atoms with Crippen molar-refractivity contribution in [3.8, 4) is 0 Å². The van der Waals surface area contributed by atoms with E-state index in [4.69, 9.17) is 5.11 Å². The first-order chi connectivity index (χ1) is 9.88. The zero-order valence-corrected chi connectivity index (χ0v) is 10.3. The maximum atomic E-state index is 13.5. The van der Waals surface area contributed by atoms with Crippen LogP contribution in [0.2, 0.25) is 0 Å². The van der Waals surface area contributed by atoms with E-state index >= 15 is 0 Å². The number of nitrogens with one attached hydrogen (secondary N) is 2. The Morgan fingerprint density at radius 3 is 2.57 bits per heavy atom. The molecule has 0 atom stereocenters. The molecule has 1 aromatic carbocycles. The van der Waals surface area contributed by atoms with Gasteiger partial charge < -0.3 is 20.5 Å². The molecule has 21 heavy (non-hydrogen) atoms. The van der Waals surface area contributed by atoms with Gasteiger partial charge in [-0.15, -0.1) is 0 Å². The maximum Gasteiger partial charge on any atom is 0.335 e. The minimum atomic E-state index is -1.28. The minimum absolute atomic E-state index is 0.151. The lowest BCUT2D eigenvalue weighted by Crippen LogP contribution is -2.14. The highest BCUT2D eigenvalue weighted by Crippen LogP contribution is 2.18. The number of carbonyl (C=O) groups excluding carboxylic acids is 1. The number of benzene rings is 1. The number of nitrogens with zero attached hydrogens (tertiary/aromatic N) is 1. The smallest absolute Gasteiger partial charge is 0.335 e. The van der Waals surface area contributed by atoms with Gasteiger partial charge in [-0.25, -0.2) is 14.2 Å². The van der Waals surface area contributed by atoms with Crippen molar-refractivity contribution in [2.45, 2.75) is 0 Å². The summed E-state index contributed by atoms with van der Waals surface area (Å²) < 4.78 is 13.5. The topological polar surface area (TPSA) is 125 Å². The van der Waals surface area contributed by atoms with Crippen LogP contribution in [0.15, 0.2) is 30.3 Å². The zero-order chi connectivity index (χ0) is 15.6. The highest BCUT2D eigenvalue weighted by atomic mass is 19.1. The number of hydrogen-bond donors (Lipinski definition) is 3. The van der Waals surface area contributed by atoms with E-state index in [1.807, 2.05) is 0 Å². The number of aromatic carboxylic acids is 1. The number of carbonyl (C=O) groups is 2. The lowest BCUT2D eigenvalue weighted by molar-refractivity contribution is -0.389. The van der Waals surface area contributed by atoms with Crippen LogP contribution in [0.5, 0.6) is 0 Å². The van der Waals surface area contributed by atoms with Crippen molar-refractivity contribution >= 4 is 23.4 Å². The monoisotopic (exact) mass is 293 g/mol. The number of H-pyrrole nitrogens is 1. The van der Waals surface area contributed by atoms with Crippen LogP contribution in [0, 0.1) is 15.9 Å². The molecule has 0 saturated heterocycles. The summed E-state index contributed by atoms with van der Waals surface area (Å²) in [5.41, 5.74) is -0.692. The van der Waals surface area contributed by atoms with Crippen molar-refractivity contribution in [1.82, 2.24) is 4.98 Å². The van der Waals surface area contributed by atoms with E-state index in [1.165, 1.54) is 0 Å². The second-order valence-electron chi connectivity index (χ2n) is 3.97. The van der Waals surface area contributed by atoms with E-state index in [2.05, 4.69) is 10.3 Å². The molecule has 0 saturated carbocycles. The van der Waals surface area contributed by atoms with Crippen molar-refractivity contribution in [3.05, 3.63) is 57.5 Å². The lowest BCUT2D eigenvalue weighted by Gasteiger charge is -2.05. The summed E-state index contributed by atoms with van der Waals surface area (Å²) in [6, 6.07) is 5.14. The summed E-state index contributed by atoms with van der Waals surface area (Å²) in [4.78, 5) is 34.6. The molecule has 0 bridgehead atoms. The fourth-order valence-electron chi connectivity index (χ4n) is 1.57. The zero-order valence-electron chi connectivity index (χ0n) is 10.3. The quantitative estimate of drug-likeness (QED) is 0.587. The number of hydrogen-bond acceptors (Lipinski definition) is 4. The van der Waals surface area contributed by atoms with Crippen molar-refractivity contribution < 1.29 is 24.0 Å². The van der Waals surface area contributed by atoms with Gasteiger partial charge >= 0.3 is 11.8 Å². The molecule has 0 aliphatic heterocycles. The predicted octanol–water partition coefficient (Wildman–Crippen LogP) is 2.01. The van der Waals surface area contributed by atoms with Gasteiger partial charge in [0, 0.05) is 6.07 Å². The van der Waals surface area contributed by atoms with Crippen LogP contribution < -0.4 is 5.32 Å². The van der Waals surface area contributed by atoms with Crippen LogP contribution in [-0.4, -0.2) is 26.9 Å². The molecule has 2 rings (SSSR count). The Hall–Kier alpha value is -3.23. The van der Waals surface area contributed by atoms with Gasteiger partial charge in [-0.2, -0.15) is 0 Å². The SMILES string of the molecule is O=C(O)c1ccc(F)c(NC(=O)c2ccc([N+](=O)[O-])[nH]2)c1. The molecule has 9 heteroatoms. The molecular weight excluding hydrogens is 285 g/mol. The number of aromatic amines is 1. The Kier molecular flexibility index (Phi) is 3.65. The molecule has 0 aliphatic rings. The predicted molar refractivity (Wildman–Crippen MR) is 68.8 cm³/mol. The van der Waals surface area contributed by atoms with Crippen molar-refractivity contribution in [2.24, 2.45) is 0 Å². The summed E-state index contributed by atoms with van der Waals surface area (Å²) in [5.74, 6) is -3.32. The Morgan fingerprint density at radius 1 is 1.29 bits per heavy atom. The van der Waals surface area contributed by atoms with Gasteiger partial charge in [0.15, 0.2) is 5.69 Å². The van der Waals surface area contributed by atoms with Crippen LogP contribution in [0.3, 0.4) is 0 Å². The molecule has 0 spiro atoms. The van der Waals surface area contributed by atoms with Gasteiger partial charge in [-0.3, -0.25) is 4.79 Å². The normalized spacial score (nSPS) is 10.1. The van der Waals surface area contributed by atoms with E-state index < -0.39 is 22.6 Å². The molecule has 0 radical (unpaired) electrons. The molecule has 1 aromatic heterocycles. The molecule has 8 nitrogen and oxygen atoms in total. The molecular formula is C12H8FN3O5. The van der Waals surface area contributed by atoms with Gasteiger partial charge in [0.1, 0.15) is 5.82 Å². The van der Waals surface area contributed by atoms with Crippen LogP contribution in [0.1, 0.15) is 20.8 Å². The Bertz CT molecular complexity index is 740. The van der Waals surface area contributed by atoms with Gasteiger partial charge in [0.2, 0.25) is 0 Å². The first kappa shape index (κ1) is 14.2. The van der Waals surface area contributed by atoms with E-state index in [-0.39, 0.29) is 22.8 Å². The number of aromatic nitrogens is 1. The molecule has 0 aliphatic carbocycles. The van der Waals surface area contributed by atoms with Gasteiger partial charge in [0.05, 0.1) is 11.3 Å². The van der Waals surface area contributed by atoms with E-state index in [1.54, 1.807) is 0 Å². The number of amides is 1. The number of carboxylic acid groups (broad SMARTS) is 1. The number of halogens is 1. The Labute approximate surface area is 116 Å². The maximum absolute atomic E-state index is 13.5. The van der Waals surface area contributed by atoms with Gasteiger partial charge in [0.25, 0.3) is 5.91 Å². The average Bonchev–Trinajstić information content (AvgIpc) is 2.90. The van der Waals surface area contributed by atoms with Gasteiger partial charge in [-0.05, 0) is 29.2 Å². The molecule has 0 unspecified atom stereocenters. The third-order valence-electron chi connectivity index (χ3n) is 2.57. The Morgan fingerprint density at radius 2 is 2.00 bits per heavy atom. The third kappa shape index (κ3) is 3.03. The largest absolute Gasteiger partial charge is 0.478 e. The molecule has 1 heterocycles. The second-order valence-corrected chi connectivity index (χ2v) is 3.97. The number of nitro groups is 1. The Balaban J connectivity index is 2.24. The summed E-state index contributed by atoms with van der Waals surface area (Å²) in [6.07, 6.45) is 0. The highest BCUT2D eigenvalue weighted by molar-refractivity contribution is 6.03. The molecule has 3 N–H and O–H groups in total. The number of anilines is 1. The van der Waals surface area contributed by atoms with Crippen LogP contribution in [0.25, 0.3) is 0 Å². The molecule has 2 aromatic rings. The summed E-state index contributed by atoms with van der Waals surface area (Å²) in [7, 11) is 0. The molecule has 0 fully saturated rings. The van der Waals surface area contributed by atoms with E-state index in [0.717, 1.165) is 30.3 Å². The molecule has 108 valence electrons. The number of rotatable bonds is 4. The van der Waals surface area contributed by atoms with Crippen LogP contribution >= 0.6 is 0 Å². The second kappa shape index (κ2) is 5.41. The van der Waals surface area contributed by atoms with Crippen molar-refractivity contribution in [1.29, 1.82) is 0 Å². The average molecular weight is 293 g/mol. The number of carboxylic acids is 1. The lowest BCUT2D eigenvalue weighted by atomic mass is 10.2. The summed E-state index contributed by atoms with van der Waals surface area (Å²) in [6.45, 7) is 0. The first-order valence-corrected chi connectivity index (χ1v) is 5.56. The van der Waals surface area contributed by atoms with Crippen molar-refractivity contribution in [3.63, 3.8) is 0 Å². The van der Waals surface area contributed by atoms with Gasteiger partial charge in [-0.1, -0.05) is 0 Å². The standard InChI is InChI=1S/C12H8FN3O5/c13-7-2-1-6(12(18)19)5-9(7)15-11(17)8-3-4-10(14-8)16(20)21/h1-5,14H,(H,15,17)(H,18,19). The van der Waals surface area contributed by atoms with E-state index in [9.17, 15) is 24.1 Å².